The molecule has 2 aliphatic heterocycles. The van der Waals surface area contributed by atoms with Crippen molar-refractivity contribution in [1.29, 1.82) is 5.26 Å². The van der Waals surface area contributed by atoms with Crippen LogP contribution in [-0.4, -0.2) is 99.3 Å². The van der Waals surface area contributed by atoms with Crippen LogP contribution >= 0.6 is 8.53 Å². The maximum atomic E-state index is 14.0. The van der Waals surface area contributed by atoms with Crippen molar-refractivity contribution in [2.24, 2.45) is 0 Å². The van der Waals surface area contributed by atoms with E-state index in [4.69, 9.17) is 42.7 Å². The molecule has 2 aliphatic rings. The van der Waals surface area contributed by atoms with E-state index in [1.54, 1.807) is 61.5 Å². The van der Waals surface area contributed by atoms with Gasteiger partial charge in [0.05, 0.1) is 75.0 Å². The van der Waals surface area contributed by atoms with Crippen molar-refractivity contribution in [3.05, 3.63) is 177 Å². The molecule has 19 nitrogen and oxygen atoms in total. The molecule has 0 radical (unpaired) electrons. The van der Waals surface area contributed by atoms with Crippen molar-refractivity contribution in [1.82, 2.24) is 24.2 Å². The van der Waals surface area contributed by atoms with Crippen molar-refractivity contribution in [3.63, 3.8) is 0 Å². The summed E-state index contributed by atoms with van der Waals surface area (Å²) >= 11 is 0. The highest BCUT2D eigenvalue weighted by atomic mass is 31.2. The van der Waals surface area contributed by atoms with Crippen molar-refractivity contribution < 1.29 is 47.2 Å². The first-order valence-corrected chi connectivity index (χ1v) is 26.0. The Hall–Kier alpha value is -7.69. The Bertz CT molecular complexity index is 3120. The Morgan fingerprint density at radius 3 is 1.97 bits per heavy atom. The van der Waals surface area contributed by atoms with Crippen LogP contribution in [0.1, 0.15) is 89.7 Å². The zero-order valence-electron chi connectivity index (χ0n) is 42.8. The molecule has 7 aromatic rings. The number of nitro groups is 1. The van der Waals surface area contributed by atoms with E-state index in [1.165, 1.54) is 12.1 Å². The molecular formula is C56H57N8O11P. The largest absolute Gasteiger partial charge is 0.497 e. The highest BCUT2D eigenvalue weighted by Gasteiger charge is 2.46. The van der Waals surface area contributed by atoms with E-state index in [-0.39, 0.29) is 84.6 Å². The summed E-state index contributed by atoms with van der Waals surface area (Å²) in [6, 6.07) is 40.1. The zero-order chi connectivity index (χ0) is 53.5. The molecule has 5 aromatic carbocycles. The second-order valence-corrected chi connectivity index (χ2v) is 19.9. The third kappa shape index (κ3) is 10.9. The van der Waals surface area contributed by atoms with Crippen LogP contribution in [0.4, 0.5) is 11.6 Å². The minimum atomic E-state index is -1.79. The van der Waals surface area contributed by atoms with Crippen LogP contribution in [0.3, 0.4) is 0 Å². The van der Waals surface area contributed by atoms with E-state index in [0.29, 0.717) is 17.9 Å². The number of nitro benzene ring substituents is 1. The number of rotatable bonds is 23. The summed E-state index contributed by atoms with van der Waals surface area (Å²) in [7, 11) is 1.44. The highest BCUT2D eigenvalue weighted by molar-refractivity contribution is 7.44. The van der Waals surface area contributed by atoms with Gasteiger partial charge in [0.25, 0.3) is 26.0 Å². The molecule has 2 aromatic heterocycles. The molecule has 1 saturated heterocycles. The minimum Gasteiger partial charge on any atom is -0.497 e. The van der Waals surface area contributed by atoms with Gasteiger partial charge < -0.3 is 32.7 Å². The van der Waals surface area contributed by atoms with E-state index in [0.717, 1.165) is 27.2 Å². The van der Waals surface area contributed by atoms with Gasteiger partial charge in [-0.2, -0.15) is 15.2 Å². The number of nitrogens with zero attached hydrogens (tertiary/aromatic N) is 8. The van der Waals surface area contributed by atoms with Gasteiger partial charge in [0.2, 0.25) is 11.8 Å². The Labute approximate surface area is 441 Å². The molecule has 9 rings (SSSR count). The number of methoxy groups -OCH3 is 2. The van der Waals surface area contributed by atoms with Gasteiger partial charge in [-0.15, -0.1) is 0 Å². The lowest BCUT2D eigenvalue weighted by Gasteiger charge is -2.39. The summed E-state index contributed by atoms with van der Waals surface area (Å²) in [4.78, 5) is 54.0. The summed E-state index contributed by atoms with van der Waals surface area (Å²) in [6.45, 7) is 8.41. The number of carbonyl (C=O) groups excluding carboxylic acids is 2. The third-order valence-corrected chi connectivity index (χ3v) is 15.3. The molecule has 20 heteroatoms. The number of non-ortho nitro benzene ring substituents is 1. The Kier molecular flexibility index (Phi) is 16.4. The van der Waals surface area contributed by atoms with Gasteiger partial charge >= 0.3 is 0 Å². The number of fused-ring (bicyclic) bond motifs is 2. The molecule has 2 amide bonds. The number of ether oxygens (including phenoxy) is 5. The average molecular weight is 1050 g/mol. The van der Waals surface area contributed by atoms with Gasteiger partial charge in [-0.3, -0.25) is 24.3 Å². The lowest BCUT2D eigenvalue weighted by atomic mass is 9.80. The maximum Gasteiger partial charge on any atom is 0.269 e. The molecule has 76 heavy (non-hydrogen) atoms. The number of anilines is 1. The van der Waals surface area contributed by atoms with E-state index in [1.807, 2.05) is 78.9 Å². The summed E-state index contributed by atoms with van der Waals surface area (Å²) in [5.41, 5.74) is 2.78. The molecule has 0 spiro atoms. The van der Waals surface area contributed by atoms with Gasteiger partial charge in [-0.05, 0) is 86.3 Å². The molecule has 0 bridgehead atoms. The molecule has 0 aliphatic carbocycles. The van der Waals surface area contributed by atoms with E-state index in [2.05, 4.69) is 43.4 Å². The van der Waals surface area contributed by atoms with Crippen LogP contribution < -0.4 is 19.1 Å². The van der Waals surface area contributed by atoms with Crippen LogP contribution in [0, 0.1) is 21.4 Å². The number of imide groups is 1. The van der Waals surface area contributed by atoms with Gasteiger partial charge in [-0.25, -0.2) is 14.6 Å². The summed E-state index contributed by atoms with van der Waals surface area (Å²) in [5, 5.41) is 20.9. The van der Waals surface area contributed by atoms with Gasteiger partial charge in [0.15, 0.2) is 11.2 Å². The number of aromatic nitrogens is 4. The molecule has 392 valence electrons. The Morgan fingerprint density at radius 1 is 0.816 bits per heavy atom. The second kappa shape index (κ2) is 23.5. The molecular weight excluding hydrogens is 992 g/mol. The SMILES string of the molecule is COc1ccc(C(OC[C@H]2O[C@@H](n3cnc4c(OCCc5ccc([N+](=O)[O-])cc5)nc(N5C(=O)c6ccccc6C5=O)nc43)C[C@@H]2OP(OCCC#N)N(C(C)C)C(C)C)(c2ccccc2)c2ccc(OC)cc2)cc1. The molecule has 4 atom stereocenters. The number of imidazole rings is 1. The van der Waals surface area contributed by atoms with E-state index < -0.39 is 49.3 Å². The van der Waals surface area contributed by atoms with Crippen LogP contribution in [0.25, 0.3) is 11.2 Å². The van der Waals surface area contributed by atoms with Crippen LogP contribution in [-0.2, 0) is 30.5 Å². The zero-order valence-corrected chi connectivity index (χ0v) is 43.7. The molecule has 0 N–H and O–H groups in total. The number of amides is 2. The first kappa shape index (κ1) is 53.1. The normalized spacial score (nSPS) is 16.9. The summed E-state index contributed by atoms with van der Waals surface area (Å²) in [6.07, 6.45) is -0.0786. The van der Waals surface area contributed by atoms with Crippen molar-refractivity contribution in [2.75, 3.05) is 38.9 Å². The fourth-order valence-corrected chi connectivity index (χ4v) is 11.3. The third-order valence-electron chi connectivity index (χ3n) is 13.2. The number of hydrogen-bond acceptors (Lipinski definition) is 16. The number of benzene rings is 5. The second-order valence-electron chi connectivity index (χ2n) is 18.5. The van der Waals surface area contributed by atoms with E-state index >= 15 is 0 Å². The lowest BCUT2D eigenvalue weighted by Crippen LogP contribution is -2.39. The average Bonchev–Trinajstić information content (AvgIpc) is 4.14. The fourth-order valence-electron chi connectivity index (χ4n) is 9.54. The van der Waals surface area contributed by atoms with Gasteiger partial charge in [0.1, 0.15) is 29.4 Å². The number of hydrogen-bond donors (Lipinski definition) is 0. The van der Waals surface area contributed by atoms with Crippen molar-refractivity contribution in [2.45, 2.75) is 83.1 Å². The van der Waals surface area contributed by atoms with Crippen molar-refractivity contribution in [3.8, 4) is 23.4 Å². The molecule has 1 fully saturated rings. The van der Waals surface area contributed by atoms with Gasteiger partial charge in [0, 0.05) is 37.1 Å². The van der Waals surface area contributed by atoms with Crippen LogP contribution in [0.5, 0.6) is 17.4 Å². The number of nitriles is 1. The summed E-state index contributed by atoms with van der Waals surface area (Å²) in [5.74, 6) is -0.116. The maximum absolute atomic E-state index is 14.0. The standard InChI is InChI=1S/C56H57N8O11P/c1-36(2)63(37(3)4)76(73-31-12-30-57)75-47-33-49(74-48(47)34-72-56(39-13-8-7-9-14-39,40-19-25-43(69-5)26-20-40)41-21-27-44(70-6)28-22-41)61-35-58-50-51(61)59-55(62-53(65)45-15-10-11-16-46(45)54(62)66)60-52(50)71-32-29-38-17-23-42(24-18-38)64(67)68/h7-11,13-28,35-37,47-49H,12,29,31-34H2,1-6H3/t47-,48+,49+,76?/m0/s1. The predicted octanol–water partition coefficient (Wildman–Crippen LogP) is 10.1. The first-order chi connectivity index (χ1) is 36.8. The topological polar surface area (TPSA) is 216 Å². The highest BCUT2D eigenvalue weighted by Crippen LogP contribution is 2.51. The first-order valence-electron chi connectivity index (χ1n) is 24.8. The molecule has 4 heterocycles. The Morgan fingerprint density at radius 2 is 1.41 bits per heavy atom. The fraction of sp³-hybridized carbons (Fsp3) is 0.321. The van der Waals surface area contributed by atoms with Crippen LogP contribution in [0.15, 0.2) is 134 Å². The lowest BCUT2D eigenvalue weighted by molar-refractivity contribution is -0.384. The minimum absolute atomic E-state index is 0.00607. The van der Waals surface area contributed by atoms with Crippen LogP contribution in [0.2, 0.25) is 0 Å². The Balaban J connectivity index is 1.13. The van der Waals surface area contributed by atoms with E-state index in [9.17, 15) is 25.0 Å². The molecule has 1 unspecified atom stereocenters. The smallest absolute Gasteiger partial charge is 0.269 e. The quantitative estimate of drug-likeness (QED) is 0.0145. The number of carbonyl (C=O) groups is 2. The monoisotopic (exact) mass is 1050 g/mol. The summed E-state index contributed by atoms with van der Waals surface area (Å²) < 4.78 is 49.5. The van der Waals surface area contributed by atoms with Crippen molar-refractivity contribution >= 4 is 43.1 Å². The predicted molar refractivity (Wildman–Crippen MR) is 282 cm³/mol. The molecule has 0 saturated carbocycles. The van der Waals surface area contributed by atoms with Gasteiger partial charge in [-0.1, -0.05) is 78.9 Å².